The second kappa shape index (κ2) is 12.1. The molecule has 1 aliphatic rings. The third kappa shape index (κ3) is 6.83. The van der Waals surface area contributed by atoms with Crippen LogP contribution in [0.3, 0.4) is 0 Å². The Labute approximate surface area is 198 Å². The van der Waals surface area contributed by atoms with E-state index < -0.39 is 4.92 Å². The van der Waals surface area contributed by atoms with Crippen molar-refractivity contribution < 1.29 is 14.5 Å². The number of carbonyl (C=O) groups excluding carboxylic acids is 1. The molecule has 0 fully saturated rings. The zero-order valence-corrected chi connectivity index (χ0v) is 19.0. The van der Waals surface area contributed by atoms with E-state index in [1.165, 1.54) is 17.3 Å². The van der Waals surface area contributed by atoms with E-state index in [0.29, 0.717) is 17.9 Å². The van der Waals surface area contributed by atoms with E-state index >= 15 is 0 Å². The van der Waals surface area contributed by atoms with E-state index in [1.54, 1.807) is 37.3 Å². The van der Waals surface area contributed by atoms with Crippen molar-refractivity contribution in [1.82, 2.24) is 0 Å². The molecular weight excluding hydrogens is 432 g/mol. The minimum atomic E-state index is -0.473. The van der Waals surface area contributed by atoms with Gasteiger partial charge in [0.25, 0.3) is 5.69 Å². The predicted molar refractivity (Wildman–Crippen MR) is 132 cm³/mol. The van der Waals surface area contributed by atoms with Crippen LogP contribution in [0.15, 0.2) is 101 Å². The summed E-state index contributed by atoms with van der Waals surface area (Å²) < 4.78 is 5.10. The summed E-state index contributed by atoms with van der Waals surface area (Å²) >= 11 is 0. The van der Waals surface area contributed by atoms with Gasteiger partial charge < -0.3 is 9.64 Å². The van der Waals surface area contributed by atoms with E-state index in [4.69, 9.17) is 4.74 Å². The number of benzene rings is 3. The smallest absolute Gasteiger partial charge is 0.333 e. The van der Waals surface area contributed by atoms with Gasteiger partial charge in [0.05, 0.1) is 17.2 Å². The van der Waals surface area contributed by atoms with E-state index in [-0.39, 0.29) is 17.3 Å². The normalized spacial score (nSPS) is 12.0. The molecule has 0 unspecified atom stereocenters. The number of ether oxygens (including phenoxy) is 1. The molecule has 0 N–H and O–H groups in total. The summed E-state index contributed by atoms with van der Waals surface area (Å²) in [4.78, 5) is 23.7. The lowest BCUT2D eigenvalue weighted by molar-refractivity contribution is -0.384. The van der Waals surface area contributed by atoms with E-state index in [1.807, 2.05) is 24.3 Å². The minimum Gasteiger partial charge on any atom is -0.460 e. The molecule has 34 heavy (non-hydrogen) atoms. The average molecular weight is 459 g/mol. The Morgan fingerprint density at radius 1 is 1.03 bits per heavy atom. The monoisotopic (exact) mass is 458 g/mol. The van der Waals surface area contributed by atoms with Crippen LogP contribution in [-0.2, 0) is 16.0 Å². The number of hydrogen-bond acceptors (Lipinski definition) is 7. The van der Waals surface area contributed by atoms with Gasteiger partial charge in [0.2, 0.25) is 0 Å². The number of esters is 1. The third-order valence-corrected chi connectivity index (χ3v) is 5.03. The molecular formula is C26H26N4O4. The van der Waals surface area contributed by atoms with Crippen molar-refractivity contribution >= 4 is 28.7 Å². The summed E-state index contributed by atoms with van der Waals surface area (Å²) in [5, 5.41) is 18.6. The van der Waals surface area contributed by atoms with Crippen molar-refractivity contribution in [3.63, 3.8) is 0 Å². The number of nitro benzene ring substituents is 1. The van der Waals surface area contributed by atoms with Gasteiger partial charge in [-0.25, -0.2) is 4.79 Å². The molecule has 0 amide bonds. The highest BCUT2D eigenvalue weighted by Crippen LogP contribution is 2.28. The van der Waals surface area contributed by atoms with Crippen molar-refractivity contribution in [2.45, 2.75) is 13.3 Å². The van der Waals surface area contributed by atoms with Gasteiger partial charge in [-0.05, 0) is 43.2 Å². The molecule has 1 heterocycles. The Hall–Kier alpha value is -4.33. The minimum absolute atomic E-state index is 0.0489. The molecule has 3 aromatic carbocycles. The number of nitrogens with zero attached hydrogens (tertiary/aromatic N) is 4. The summed E-state index contributed by atoms with van der Waals surface area (Å²) in [5.41, 5.74) is 3.95. The zero-order chi connectivity index (χ0) is 24.3. The van der Waals surface area contributed by atoms with Crippen LogP contribution in [0.1, 0.15) is 12.5 Å². The first-order valence-corrected chi connectivity index (χ1v) is 10.8. The molecule has 3 aromatic rings. The molecule has 0 atom stereocenters. The lowest BCUT2D eigenvalue weighted by Crippen LogP contribution is -2.26. The highest BCUT2D eigenvalue weighted by Gasteiger charge is 2.18. The lowest BCUT2D eigenvalue weighted by Gasteiger charge is -2.19. The number of hydrogen-bond donors (Lipinski definition) is 0. The van der Waals surface area contributed by atoms with Crippen molar-refractivity contribution in [3.05, 3.63) is 107 Å². The summed E-state index contributed by atoms with van der Waals surface area (Å²) in [6.45, 7) is 7.38. The van der Waals surface area contributed by atoms with Crippen LogP contribution >= 0.6 is 0 Å². The van der Waals surface area contributed by atoms with Gasteiger partial charge in [-0.2, -0.15) is 5.11 Å². The lowest BCUT2D eigenvalue weighted by atomic mass is 10.2. The maximum Gasteiger partial charge on any atom is 0.333 e. The van der Waals surface area contributed by atoms with Crippen molar-refractivity contribution in [3.8, 4) is 0 Å². The number of carbonyl (C=O) groups is 1. The van der Waals surface area contributed by atoms with Crippen LogP contribution in [0, 0.1) is 10.1 Å². The highest BCUT2D eigenvalue weighted by atomic mass is 16.6. The first-order chi connectivity index (χ1) is 16.5. The molecule has 8 heteroatoms. The topological polar surface area (TPSA) is 97.4 Å². The van der Waals surface area contributed by atoms with Crippen molar-refractivity contribution in [2.24, 2.45) is 10.2 Å². The molecule has 0 saturated carbocycles. The summed E-state index contributed by atoms with van der Waals surface area (Å²) in [7, 11) is 0. The van der Waals surface area contributed by atoms with Gasteiger partial charge in [-0.3, -0.25) is 10.1 Å². The molecule has 8 nitrogen and oxygen atoms in total. The number of nitro groups is 1. The van der Waals surface area contributed by atoms with Gasteiger partial charge in [0.15, 0.2) is 5.69 Å². The van der Waals surface area contributed by atoms with Crippen LogP contribution in [0.2, 0.25) is 0 Å². The molecule has 1 aliphatic heterocycles. The Kier molecular flexibility index (Phi) is 8.62. The zero-order valence-electron chi connectivity index (χ0n) is 19.0. The Balaban J connectivity index is 0.000000191. The number of azo groups is 1. The van der Waals surface area contributed by atoms with Gasteiger partial charge in [-0.15, -0.1) is 5.11 Å². The van der Waals surface area contributed by atoms with Gasteiger partial charge in [0.1, 0.15) is 6.61 Å². The Morgan fingerprint density at radius 3 is 2.44 bits per heavy atom. The van der Waals surface area contributed by atoms with Crippen LogP contribution in [0.5, 0.6) is 0 Å². The molecule has 0 spiro atoms. The number of anilines is 1. The fraction of sp³-hybridized carbons (Fsp3) is 0.192. The van der Waals surface area contributed by atoms with Crippen LogP contribution in [0.4, 0.5) is 22.7 Å². The third-order valence-electron chi connectivity index (χ3n) is 5.03. The number of rotatable bonds is 7. The first-order valence-electron chi connectivity index (χ1n) is 10.8. The maximum absolute atomic E-state index is 11.2. The quantitative estimate of drug-likeness (QED) is 0.138. The molecule has 0 saturated heterocycles. The van der Waals surface area contributed by atoms with Gasteiger partial charge >= 0.3 is 5.97 Å². The SMILES string of the molecule is C=C(C)C(=O)OCCN1CCc2ccccc21.O=[N+]([O-])c1ccccc1N=Nc1ccccc1. The van der Waals surface area contributed by atoms with Gasteiger partial charge in [0, 0.05) is 23.9 Å². The number of para-hydroxylation sites is 2. The second-order valence-corrected chi connectivity index (χ2v) is 7.56. The average Bonchev–Trinajstić information content (AvgIpc) is 3.27. The van der Waals surface area contributed by atoms with E-state index in [9.17, 15) is 14.9 Å². The molecule has 0 aliphatic carbocycles. The summed E-state index contributed by atoms with van der Waals surface area (Å²) in [5.74, 6) is -0.308. The van der Waals surface area contributed by atoms with E-state index in [0.717, 1.165) is 19.5 Å². The molecule has 0 aromatic heterocycles. The van der Waals surface area contributed by atoms with Crippen LogP contribution in [-0.4, -0.2) is 30.6 Å². The fourth-order valence-electron chi connectivity index (χ4n) is 3.32. The predicted octanol–water partition coefficient (Wildman–Crippen LogP) is 6.18. The first kappa shape index (κ1) is 24.3. The summed E-state index contributed by atoms with van der Waals surface area (Å²) in [6, 6.07) is 23.7. The molecule has 0 radical (unpaired) electrons. The largest absolute Gasteiger partial charge is 0.460 e. The Bertz CT molecular complexity index is 1180. The summed E-state index contributed by atoms with van der Waals surface area (Å²) in [6.07, 6.45) is 1.07. The maximum atomic E-state index is 11.2. The van der Waals surface area contributed by atoms with Crippen LogP contribution < -0.4 is 4.90 Å². The second-order valence-electron chi connectivity index (χ2n) is 7.56. The van der Waals surface area contributed by atoms with E-state index in [2.05, 4.69) is 39.9 Å². The van der Waals surface area contributed by atoms with Crippen LogP contribution in [0.25, 0.3) is 0 Å². The molecule has 4 rings (SSSR count). The molecule has 174 valence electrons. The highest BCUT2D eigenvalue weighted by molar-refractivity contribution is 5.86. The van der Waals surface area contributed by atoms with Gasteiger partial charge in [-0.1, -0.05) is 55.1 Å². The standard InChI is InChI=1S/C14H17NO2.C12H9N3O2/c1-11(2)14(16)17-10-9-15-8-7-12-5-3-4-6-13(12)15;16-15(17)12-9-5-4-8-11(12)14-13-10-6-2-1-3-7-10/h3-6H,1,7-10H2,2H3;1-9H. The fourth-order valence-corrected chi connectivity index (χ4v) is 3.32. The Morgan fingerprint density at radius 2 is 1.71 bits per heavy atom. The van der Waals surface area contributed by atoms with Crippen molar-refractivity contribution in [1.29, 1.82) is 0 Å². The molecule has 0 bridgehead atoms. The number of fused-ring (bicyclic) bond motifs is 1. The van der Waals surface area contributed by atoms with Crippen molar-refractivity contribution in [2.75, 3.05) is 24.6 Å².